The van der Waals surface area contributed by atoms with E-state index in [2.05, 4.69) is 12.6 Å². The van der Waals surface area contributed by atoms with E-state index in [0.717, 1.165) is 6.42 Å². The summed E-state index contributed by atoms with van der Waals surface area (Å²) in [7, 11) is 0. The Balaban J connectivity index is 3.80. The lowest BCUT2D eigenvalue weighted by Gasteiger charge is -2.00. The van der Waals surface area contributed by atoms with Crippen LogP contribution in [-0.2, 0) is 17.4 Å². The van der Waals surface area contributed by atoms with Crippen LogP contribution in [0.15, 0.2) is 11.6 Å². The van der Waals surface area contributed by atoms with Gasteiger partial charge in [0.15, 0.2) is 0 Å². The Bertz CT molecular complexity index is 116. The van der Waals surface area contributed by atoms with Crippen LogP contribution in [0.3, 0.4) is 0 Å². The van der Waals surface area contributed by atoms with Gasteiger partial charge in [-0.25, -0.2) is 0 Å². The summed E-state index contributed by atoms with van der Waals surface area (Å²) in [5, 5.41) is -0.244. The van der Waals surface area contributed by atoms with Gasteiger partial charge in [-0.3, -0.25) is 0 Å². The molecule has 8 heavy (non-hydrogen) atoms. The number of hydrogen-bond donors (Lipinski definition) is 0. The molecule has 0 heterocycles. The van der Waals surface area contributed by atoms with E-state index in [1.54, 1.807) is 6.92 Å². The molecule has 0 aromatic heterocycles. The van der Waals surface area contributed by atoms with Crippen LogP contribution in [0.5, 0.6) is 0 Å². The van der Waals surface area contributed by atoms with Gasteiger partial charge in [0.2, 0.25) is 0 Å². The van der Waals surface area contributed by atoms with Crippen LogP contribution in [0.1, 0.15) is 20.3 Å². The van der Waals surface area contributed by atoms with Crippen molar-refractivity contribution >= 4 is 17.7 Å². The molecule has 0 aromatic rings. The first kappa shape index (κ1) is 7.63. The molecule has 1 nitrogen and oxygen atoms in total. The SMILES string of the molecule is CC/C=C(\C)C(=O)[S-]. The summed E-state index contributed by atoms with van der Waals surface area (Å²) in [5.74, 6) is 0. The van der Waals surface area contributed by atoms with Crippen molar-refractivity contribution < 1.29 is 4.79 Å². The van der Waals surface area contributed by atoms with E-state index >= 15 is 0 Å². The fraction of sp³-hybridized carbons (Fsp3) is 0.500. The summed E-state index contributed by atoms with van der Waals surface area (Å²) in [5.41, 5.74) is 0.683. The van der Waals surface area contributed by atoms with Gasteiger partial charge in [0.05, 0.1) is 0 Å². The summed E-state index contributed by atoms with van der Waals surface area (Å²) in [4.78, 5) is 10.3. The first-order valence-corrected chi connectivity index (χ1v) is 2.97. The second-order valence-electron chi connectivity index (χ2n) is 1.58. The maximum atomic E-state index is 10.3. The topological polar surface area (TPSA) is 17.1 Å². The first-order chi connectivity index (χ1) is 3.68. The fourth-order valence-electron chi connectivity index (χ4n) is 0.390. The smallest absolute Gasteiger partial charge is 0.0375 e. The number of carbonyl (C=O) groups is 1. The standard InChI is InChI=1S/C6H10OS/c1-3-4-5(2)6(7)8/h4H,3H2,1-2H3,(H,7,8)/p-1/b5-4+. The molecule has 0 bridgehead atoms. The molecule has 46 valence electrons. The molecule has 0 saturated heterocycles. The summed E-state index contributed by atoms with van der Waals surface area (Å²) in [6.07, 6.45) is 2.71. The van der Waals surface area contributed by atoms with E-state index in [1.165, 1.54) is 0 Å². The molecule has 0 rings (SSSR count). The summed E-state index contributed by atoms with van der Waals surface area (Å²) in [6.45, 7) is 3.71. The van der Waals surface area contributed by atoms with E-state index in [4.69, 9.17) is 0 Å². The first-order valence-electron chi connectivity index (χ1n) is 2.56. The lowest BCUT2D eigenvalue weighted by molar-refractivity contribution is -0.107. The molecular formula is C6H9OS-. The third kappa shape index (κ3) is 2.75. The largest absolute Gasteiger partial charge is 0.737 e. The van der Waals surface area contributed by atoms with E-state index < -0.39 is 0 Å². The van der Waals surface area contributed by atoms with Crippen LogP contribution in [0.25, 0.3) is 0 Å². The minimum atomic E-state index is -0.244. The summed E-state index contributed by atoms with van der Waals surface area (Å²) >= 11 is 4.36. The zero-order chi connectivity index (χ0) is 6.57. The van der Waals surface area contributed by atoms with Gasteiger partial charge in [-0.1, -0.05) is 13.0 Å². The highest BCUT2D eigenvalue weighted by Gasteiger charge is 1.82. The van der Waals surface area contributed by atoms with Gasteiger partial charge < -0.3 is 17.4 Å². The average Bonchev–Trinajstić information content (AvgIpc) is 1.67. The Hall–Kier alpha value is -0.370. The van der Waals surface area contributed by atoms with Gasteiger partial charge in [-0.15, -0.1) is 0 Å². The second kappa shape index (κ2) is 3.61. The van der Waals surface area contributed by atoms with Gasteiger partial charge in [0, 0.05) is 5.12 Å². The molecule has 0 aliphatic heterocycles. The Morgan fingerprint density at radius 3 is 2.38 bits per heavy atom. The normalized spacial score (nSPS) is 11.5. The van der Waals surface area contributed by atoms with Crippen molar-refractivity contribution in [3.63, 3.8) is 0 Å². The Morgan fingerprint density at radius 2 is 2.25 bits per heavy atom. The zero-order valence-electron chi connectivity index (χ0n) is 5.10. The molecule has 0 spiro atoms. The van der Waals surface area contributed by atoms with E-state index in [9.17, 15) is 4.79 Å². The Labute approximate surface area is 55.2 Å². The van der Waals surface area contributed by atoms with Crippen LogP contribution in [0.2, 0.25) is 0 Å². The summed E-state index contributed by atoms with van der Waals surface area (Å²) < 4.78 is 0. The van der Waals surface area contributed by atoms with Gasteiger partial charge in [-0.2, -0.15) is 0 Å². The predicted molar refractivity (Wildman–Crippen MR) is 36.4 cm³/mol. The third-order valence-corrected chi connectivity index (χ3v) is 1.15. The third-order valence-electron chi connectivity index (χ3n) is 0.832. The molecule has 0 atom stereocenters. The van der Waals surface area contributed by atoms with E-state index in [-0.39, 0.29) is 5.12 Å². The molecule has 0 saturated carbocycles. The highest BCUT2D eigenvalue weighted by atomic mass is 32.1. The lowest BCUT2D eigenvalue weighted by Crippen LogP contribution is -1.91. The summed E-state index contributed by atoms with van der Waals surface area (Å²) in [6, 6.07) is 0. The Morgan fingerprint density at radius 1 is 1.75 bits per heavy atom. The van der Waals surface area contributed by atoms with Gasteiger partial charge >= 0.3 is 0 Å². The molecule has 0 radical (unpaired) electrons. The van der Waals surface area contributed by atoms with E-state index in [0.29, 0.717) is 5.57 Å². The Kier molecular flexibility index (Phi) is 3.44. The number of carbonyl (C=O) groups excluding carboxylic acids is 1. The minimum absolute atomic E-state index is 0.244. The molecule has 0 aliphatic carbocycles. The van der Waals surface area contributed by atoms with Crippen molar-refractivity contribution in [3.05, 3.63) is 11.6 Å². The molecule has 0 amide bonds. The van der Waals surface area contributed by atoms with Crippen LogP contribution in [0.4, 0.5) is 0 Å². The monoisotopic (exact) mass is 129 g/mol. The second-order valence-corrected chi connectivity index (χ2v) is 1.95. The molecule has 0 aliphatic rings. The molecule has 0 unspecified atom stereocenters. The van der Waals surface area contributed by atoms with Gasteiger partial charge in [0.25, 0.3) is 0 Å². The van der Waals surface area contributed by atoms with Crippen molar-refractivity contribution in [1.82, 2.24) is 0 Å². The molecule has 0 aromatic carbocycles. The van der Waals surface area contributed by atoms with Crippen molar-refractivity contribution in [3.8, 4) is 0 Å². The van der Waals surface area contributed by atoms with Crippen LogP contribution in [-0.4, -0.2) is 5.12 Å². The van der Waals surface area contributed by atoms with Gasteiger partial charge in [-0.05, 0) is 18.9 Å². The van der Waals surface area contributed by atoms with E-state index in [1.807, 2.05) is 13.0 Å². The zero-order valence-corrected chi connectivity index (χ0v) is 5.92. The average molecular weight is 129 g/mol. The van der Waals surface area contributed by atoms with Crippen molar-refractivity contribution in [2.24, 2.45) is 0 Å². The highest BCUT2D eigenvalue weighted by Crippen LogP contribution is 1.93. The van der Waals surface area contributed by atoms with Crippen molar-refractivity contribution in [2.75, 3.05) is 0 Å². The lowest BCUT2D eigenvalue weighted by atomic mass is 10.3. The van der Waals surface area contributed by atoms with Crippen molar-refractivity contribution in [2.45, 2.75) is 20.3 Å². The number of hydrogen-bond acceptors (Lipinski definition) is 2. The molecular weight excluding hydrogens is 120 g/mol. The minimum Gasteiger partial charge on any atom is -0.737 e. The van der Waals surface area contributed by atoms with Crippen LogP contribution < -0.4 is 0 Å². The fourth-order valence-corrected chi connectivity index (χ4v) is 0.473. The number of allylic oxidation sites excluding steroid dienone is 1. The van der Waals surface area contributed by atoms with Crippen molar-refractivity contribution in [1.29, 1.82) is 0 Å². The molecule has 0 N–H and O–H groups in total. The maximum absolute atomic E-state index is 10.3. The molecule has 2 heteroatoms. The van der Waals surface area contributed by atoms with Crippen LogP contribution >= 0.6 is 0 Å². The predicted octanol–water partition coefficient (Wildman–Crippen LogP) is 1.42. The maximum Gasteiger partial charge on any atom is 0.0375 e. The quantitative estimate of drug-likeness (QED) is 0.414. The van der Waals surface area contributed by atoms with Crippen LogP contribution in [0, 0.1) is 0 Å². The number of rotatable bonds is 2. The molecule has 0 fully saturated rings. The highest BCUT2D eigenvalue weighted by molar-refractivity contribution is 7.77. The van der Waals surface area contributed by atoms with Gasteiger partial charge in [0.1, 0.15) is 0 Å².